The molecule has 2 atom stereocenters. The lowest BCUT2D eigenvalue weighted by Crippen LogP contribution is -2.42. The molecule has 1 aromatic rings. The van der Waals surface area contributed by atoms with Crippen LogP contribution in [0.25, 0.3) is 0 Å². The van der Waals surface area contributed by atoms with Crippen molar-refractivity contribution >= 4 is 17.9 Å². The molecule has 25 heavy (non-hydrogen) atoms. The first-order chi connectivity index (χ1) is 11.7. The standard InChI is InChI=1S/C18H22N4O3/c1-5-12-9-19-15(20-10-12)21-7-6-18(14(21)23)8-13(17(2,3)4)22(11-18)16(24)25/h1,9-10,13H,6-8,11H2,2-4H3,(H,24,25). The van der Waals surface area contributed by atoms with Crippen LogP contribution in [-0.2, 0) is 4.79 Å². The van der Waals surface area contributed by atoms with E-state index in [1.54, 1.807) is 4.90 Å². The van der Waals surface area contributed by atoms with Crippen molar-refractivity contribution in [1.82, 2.24) is 14.9 Å². The Balaban J connectivity index is 1.88. The van der Waals surface area contributed by atoms with Gasteiger partial charge in [-0.3, -0.25) is 9.69 Å². The highest BCUT2D eigenvalue weighted by atomic mass is 16.4. The van der Waals surface area contributed by atoms with Crippen LogP contribution in [0.2, 0.25) is 0 Å². The summed E-state index contributed by atoms with van der Waals surface area (Å²) in [5, 5.41) is 9.58. The fraction of sp³-hybridized carbons (Fsp3) is 0.556. The van der Waals surface area contributed by atoms with Crippen LogP contribution in [0.4, 0.5) is 10.7 Å². The number of terminal acetylenes is 1. The zero-order chi connectivity index (χ0) is 18.4. The van der Waals surface area contributed by atoms with Gasteiger partial charge in [-0.25, -0.2) is 14.8 Å². The molecule has 3 heterocycles. The first-order valence-electron chi connectivity index (χ1n) is 8.28. The van der Waals surface area contributed by atoms with Gasteiger partial charge in [-0.15, -0.1) is 6.42 Å². The Morgan fingerprint density at radius 3 is 2.52 bits per heavy atom. The number of hydrogen-bond donors (Lipinski definition) is 1. The van der Waals surface area contributed by atoms with Crippen molar-refractivity contribution in [2.45, 2.75) is 39.7 Å². The van der Waals surface area contributed by atoms with Gasteiger partial charge in [-0.05, 0) is 18.3 Å². The Hall–Kier alpha value is -2.62. The van der Waals surface area contributed by atoms with Crippen molar-refractivity contribution in [2.75, 3.05) is 18.0 Å². The molecule has 2 saturated heterocycles. The van der Waals surface area contributed by atoms with Crippen LogP contribution in [-0.4, -0.2) is 51.1 Å². The predicted octanol–water partition coefficient (Wildman–Crippen LogP) is 1.98. The van der Waals surface area contributed by atoms with Gasteiger partial charge in [-0.1, -0.05) is 26.7 Å². The lowest BCUT2D eigenvalue weighted by Gasteiger charge is -2.33. The SMILES string of the molecule is C#Cc1cnc(N2CCC3(CC(C(C)(C)C)N(C(=O)O)C3)C2=O)nc1. The van der Waals surface area contributed by atoms with Crippen molar-refractivity contribution in [1.29, 1.82) is 0 Å². The first kappa shape index (κ1) is 17.2. The van der Waals surface area contributed by atoms with Gasteiger partial charge in [-0.2, -0.15) is 0 Å². The molecule has 2 unspecified atom stereocenters. The molecular formula is C18H22N4O3. The number of anilines is 1. The normalized spacial score (nSPS) is 26.3. The third-order valence-electron chi connectivity index (χ3n) is 5.24. The van der Waals surface area contributed by atoms with E-state index < -0.39 is 11.5 Å². The highest BCUT2D eigenvalue weighted by molar-refractivity contribution is 5.99. The van der Waals surface area contributed by atoms with E-state index in [2.05, 4.69) is 15.9 Å². The number of hydrogen-bond acceptors (Lipinski definition) is 4. The third kappa shape index (κ3) is 2.82. The minimum atomic E-state index is -0.974. The van der Waals surface area contributed by atoms with Crippen molar-refractivity contribution in [3.05, 3.63) is 18.0 Å². The van der Waals surface area contributed by atoms with Crippen LogP contribution in [0, 0.1) is 23.2 Å². The number of rotatable bonds is 1. The summed E-state index contributed by atoms with van der Waals surface area (Å²) in [4.78, 5) is 36.1. The van der Waals surface area contributed by atoms with E-state index in [0.717, 1.165) is 0 Å². The zero-order valence-electron chi connectivity index (χ0n) is 14.7. The lowest BCUT2D eigenvalue weighted by molar-refractivity contribution is -0.125. The number of carbonyl (C=O) groups is 2. The third-order valence-corrected chi connectivity index (χ3v) is 5.24. The highest BCUT2D eigenvalue weighted by Gasteiger charge is 2.58. The van der Waals surface area contributed by atoms with Crippen molar-refractivity contribution < 1.29 is 14.7 Å². The van der Waals surface area contributed by atoms with Crippen LogP contribution >= 0.6 is 0 Å². The Bertz CT molecular complexity index is 747. The number of aromatic nitrogens is 2. The summed E-state index contributed by atoms with van der Waals surface area (Å²) < 4.78 is 0. The molecule has 0 bridgehead atoms. The molecular weight excluding hydrogens is 320 g/mol. The van der Waals surface area contributed by atoms with E-state index in [-0.39, 0.29) is 23.9 Å². The summed E-state index contributed by atoms with van der Waals surface area (Å²) in [5.74, 6) is 2.67. The van der Waals surface area contributed by atoms with Crippen LogP contribution in [0.1, 0.15) is 39.2 Å². The Labute approximate surface area is 147 Å². The molecule has 0 saturated carbocycles. The average molecular weight is 342 g/mol. The van der Waals surface area contributed by atoms with E-state index in [1.165, 1.54) is 17.3 Å². The summed E-state index contributed by atoms with van der Waals surface area (Å²) in [6, 6.07) is -0.196. The van der Waals surface area contributed by atoms with E-state index in [9.17, 15) is 14.7 Å². The molecule has 0 aliphatic carbocycles. The molecule has 1 spiro atoms. The maximum absolute atomic E-state index is 13.1. The fourth-order valence-electron chi connectivity index (χ4n) is 3.84. The summed E-state index contributed by atoms with van der Waals surface area (Å²) >= 11 is 0. The number of likely N-dealkylation sites (tertiary alicyclic amines) is 1. The number of amides is 2. The Morgan fingerprint density at radius 2 is 2.04 bits per heavy atom. The first-order valence-corrected chi connectivity index (χ1v) is 8.28. The van der Waals surface area contributed by atoms with Crippen LogP contribution in [0.3, 0.4) is 0 Å². The maximum atomic E-state index is 13.1. The van der Waals surface area contributed by atoms with E-state index in [0.29, 0.717) is 30.9 Å². The van der Waals surface area contributed by atoms with Crippen LogP contribution < -0.4 is 4.90 Å². The Morgan fingerprint density at radius 1 is 1.40 bits per heavy atom. The number of nitrogens with zero attached hydrogens (tertiary/aromatic N) is 4. The monoisotopic (exact) mass is 342 g/mol. The van der Waals surface area contributed by atoms with Gasteiger partial charge >= 0.3 is 6.09 Å². The highest BCUT2D eigenvalue weighted by Crippen LogP contribution is 2.48. The molecule has 2 amide bonds. The summed E-state index contributed by atoms with van der Waals surface area (Å²) in [6.07, 6.45) is 8.48. The molecule has 7 heteroatoms. The number of carbonyl (C=O) groups excluding carboxylic acids is 1. The molecule has 7 nitrogen and oxygen atoms in total. The summed E-state index contributed by atoms with van der Waals surface area (Å²) in [6.45, 7) is 6.73. The van der Waals surface area contributed by atoms with Crippen LogP contribution in [0.5, 0.6) is 0 Å². The van der Waals surface area contributed by atoms with Gasteiger partial charge in [0.25, 0.3) is 0 Å². The van der Waals surface area contributed by atoms with Gasteiger partial charge in [0.05, 0.1) is 11.0 Å². The lowest BCUT2D eigenvalue weighted by atomic mass is 9.77. The molecule has 2 aliphatic heterocycles. The van der Waals surface area contributed by atoms with Crippen molar-refractivity contribution in [3.63, 3.8) is 0 Å². The predicted molar refractivity (Wildman–Crippen MR) is 92.0 cm³/mol. The molecule has 0 aromatic carbocycles. The van der Waals surface area contributed by atoms with Gasteiger partial charge < -0.3 is 10.0 Å². The summed E-state index contributed by atoms with van der Waals surface area (Å²) in [5.41, 5.74) is -0.374. The minimum absolute atomic E-state index is 0.0982. The van der Waals surface area contributed by atoms with E-state index in [1.807, 2.05) is 20.8 Å². The van der Waals surface area contributed by atoms with Crippen LogP contribution in [0.15, 0.2) is 12.4 Å². The van der Waals surface area contributed by atoms with E-state index >= 15 is 0 Å². The van der Waals surface area contributed by atoms with Crippen molar-refractivity contribution in [2.24, 2.45) is 10.8 Å². The molecule has 132 valence electrons. The molecule has 1 N–H and O–H groups in total. The molecule has 1 aromatic heterocycles. The summed E-state index contributed by atoms with van der Waals surface area (Å²) in [7, 11) is 0. The second-order valence-electron chi connectivity index (χ2n) is 7.90. The largest absolute Gasteiger partial charge is 0.465 e. The smallest absolute Gasteiger partial charge is 0.407 e. The molecule has 0 radical (unpaired) electrons. The van der Waals surface area contributed by atoms with Gasteiger partial charge in [0.1, 0.15) is 0 Å². The second-order valence-corrected chi connectivity index (χ2v) is 7.90. The quantitative estimate of drug-likeness (QED) is 0.789. The average Bonchev–Trinajstić information content (AvgIpc) is 3.10. The second kappa shape index (κ2) is 5.73. The number of carboxylic acid groups (broad SMARTS) is 1. The Kier molecular flexibility index (Phi) is 3.94. The van der Waals surface area contributed by atoms with Crippen molar-refractivity contribution in [3.8, 4) is 12.3 Å². The zero-order valence-corrected chi connectivity index (χ0v) is 14.7. The minimum Gasteiger partial charge on any atom is -0.465 e. The molecule has 2 fully saturated rings. The fourth-order valence-corrected chi connectivity index (χ4v) is 3.84. The molecule has 2 aliphatic rings. The van der Waals surface area contributed by atoms with Gasteiger partial charge in [0, 0.05) is 31.5 Å². The van der Waals surface area contributed by atoms with Gasteiger partial charge in [0.15, 0.2) is 0 Å². The topological polar surface area (TPSA) is 86.6 Å². The van der Waals surface area contributed by atoms with E-state index in [4.69, 9.17) is 6.42 Å². The molecule has 3 rings (SSSR count). The maximum Gasteiger partial charge on any atom is 0.407 e. The van der Waals surface area contributed by atoms with Gasteiger partial charge in [0.2, 0.25) is 11.9 Å².